The number of carbonyl (C=O) groups excluding carboxylic acids is 1. The molecule has 96 valence electrons. The molecule has 18 heavy (non-hydrogen) atoms. The van der Waals surface area contributed by atoms with E-state index in [4.69, 9.17) is 0 Å². The van der Waals surface area contributed by atoms with Crippen LogP contribution in [0.15, 0.2) is 42.0 Å². The van der Waals surface area contributed by atoms with Crippen LogP contribution in [0.3, 0.4) is 0 Å². The van der Waals surface area contributed by atoms with Crippen molar-refractivity contribution in [2.45, 2.75) is 0 Å². The average Bonchev–Trinajstić information content (AvgIpc) is 2.84. The number of hydrogen-bond acceptors (Lipinski definition) is 5. The Bertz CT molecular complexity index is 442. The van der Waals surface area contributed by atoms with Crippen molar-refractivity contribution < 1.29 is 9.53 Å². The summed E-state index contributed by atoms with van der Waals surface area (Å²) in [5.74, 6) is -0.361. The van der Waals surface area contributed by atoms with Gasteiger partial charge < -0.3 is 9.72 Å². The molecule has 0 saturated heterocycles. The molecule has 7 heteroatoms. The zero-order valence-electron chi connectivity index (χ0n) is 10.2. The molecule has 0 aliphatic rings. The molecule has 1 heterocycles. The molecule has 0 amide bonds. The highest BCUT2D eigenvalue weighted by Crippen LogP contribution is 2.15. The van der Waals surface area contributed by atoms with Gasteiger partial charge in [0.2, 0.25) is 5.82 Å². The molecule has 0 aliphatic heterocycles. The first-order chi connectivity index (χ1) is 8.72. The van der Waals surface area contributed by atoms with E-state index >= 15 is 0 Å². The molecule has 0 aliphatic carbocycles. The third-order valence-corrected chi connectivity index (χ3v) is 1.95. The first-order valence-electron chi connectivity index (χ1n) is 5.23. The summed E-state index contributed by atoms with van der Waals surface area (Å²) in [6.45, 7) is 8.27. The zero-order chi connectivity index (χ0) is 13.4. The van der Waals surface area contributed by atoms with Crippen molar-refractivity contribution in [3.63, 3.8) is 0 Å². The average molecular weight is 249 g/mol. The van der Waals surface area contributed by atoms with Crippen LogP contribution in [-0.4, -0.2) is 41.1 Å². The van der Waals surface area contributed by atoms with Crippen LogP contribution in [0.25, 0.3) is 0 Å². The second kappa shape index (κ2) is 7.00. The fraction of sp³-hybridized carbons (Fsp3) is 0.273. The summed E-state index contributed by atoms with van der Waals surface area (Å²) in [5.41, 5.74) is 0.165. The van der Waals surface area contributed by atoms with Gasteiger partial charge in [-0.2, -0.15) is 0 Å². The molecular formula is C11H15N5O2. The van der Waals surface area contributed by atoms with Crippen LogP contribution in [0, 0.1) is 0 Å². The predicted octanol–water partition coefficient (Wildman–Crippen LogP) is 1.87. The van der Waals surface area contributed by atoms with Gasteiger partial charge in [0.1, 0.15) is 0 Å². The highest BCUT2D eigenvalue weighted by molar-refractivity contribution is 5.91. The van der Waals surface area contributed by atoms with Crippen LogP contribution in [-0.2, 0) is 4.74 Å². The standard InChI is InChI=1S/C11H15N5O2/c1-4-6-16(7-5-2)15-14-10-9(11(17)18-3)12-8-13-10/h4-5,8H,1-2,6-7H2,3H3,(H,12,13). The second-order valence-corrected chi connectivity index (χ2v) is 3.23. The SMILES string of the molecule is C=CCN(CC=C)N=Nc1nc[nH]c1C(=O)OC. The lowest BCUT2D eigenvalue weighted by molar-refractivity contribution is 0.0595. The third-order valence-electron chi connectivity index (χ3n) is 1.95. The van der Waals surface area contributed by atoms with Gasteiger partial charge in [0.15, 0.2) is 5.69 Å². The van der Waals surface area contributed by atoms with Gasteiger partial charge in [-0.25, -0.2) is 9.78 Å². The minimum atomic E-state index is -0.541. The van der Waals surface area contributed by atoms with E-state index in [9.17, 15) is 4.79 Å². The molecule has 1 N–H and O–H groups in total. The molecule has 0 atom stereocenters. The van der Waals surface area contributed by atoms with Crippen LogP contribution < -0.4 is 0 Å². The van der Waals surface area contributed by atoms with Gasteiger partial charge in [-0.1, -0.05) is 17.4 Å². The van der Waals surface area contributed by atoms with Crippen molar-refractivity contribution in [3.8, 4) is 0 Å². The molecular weight excluding hydrogens is 234 g/mol. The Morgan fingerprint density at radius 1 is 1.56 bits per heavy atom. The van der Waals surface area contributed by atoms with Gasteiger partial charge >= 0.3 is 5.97 Å². The quantitative estimate of drug-likeness (QED) is 0.346. The van der Waals surface area contributed by atoms with Gasteiger partial charge in [-0.05, 0) is 0 Å². The highest BCUT2D eigenvalue weighted by Gasteiger charge is 2.14. The van der Waals surface area contributed by atoms with E-state index in [0.717, 1.165) is 0 Å². The maximum atomic E-state index is 11.4. The number of H-pyrrole nitrogens is 1. The minimum Gasteiger partial charge on any atom is -0.464 e. The van der Waals surface area contributed by atoms with Crippen LogP contribution in [0.1, 0.15) is 10.5 Å². The van der Waals surface area contributed by atoms with Crippen molar-refractivity contribution in [2.24, 2.45) is 10.3 Å². The summed E-state index contributed by atoms with van der Waals surface area (Å²) >= 11 is 0. The maximum absolute atomic E-state index is 11.4. The third kappa shape index (κ3) is 3.55. The minimum absolute atomic E-state index is 0.165. The highest BCUT2D eigenvalue weighted by atomic mass is 16.5. The zero-order valence-corrected chi connectivity index (χ0v) is 10.2. The lowest BCUT2D eigenvalue weighted by atomic mass is 10.4. The molecule has 0 saturated carbocycles. The summed E-state index contributed by atoms with van der Waals surface area (Å²) in [6.07, 6.45) is 4.73. The number of aromatic amines is 1. The first-order valence-corrected chi connectivity index (χ1v) is 5.23. The fourth-order valence-corrected chi connectivity index (χ4v) is 1.17. The van der Waals surface area contributed by atoms with Gasteiger partial charge in [0.05, 0.1) is 26.5 Å². The molecule has 0 radical (unpaired) electrons. The molecule has 0 fully saturated rings. The molecule has 1 aromatic rings. The van der Waals surface area contributed by atoms with Crippen molar-refractivity contribution in [2.75, 3.05) is 20.2 Å². The van der Waals surface area contributed by atoms with Gasteiger partial charge in [0.25, 0.3) is 0 Å². The fourth-order valence-electron chi connectivity index (χ4n) is 1.17. The summed E-state index contributed by atoms with van der Waals surface area (Å²) in [7, 11) is 1.28. The maximum Gasteiger partial charge on any atom is 0.358 e. The van der Waals surface area contributed by atoms with E-state index in [-0.39, 0.29) is 11.5 Å². The molecule has 1 aromatic heterocycles. The van der Waals surface area contributed by atoms with Crippen molar-refractivity contribution in [1.29, 1.82) is 0 Å². The summed E-state index contributed by atoms with van der Waals surface area (Å²) in [4.78, 5) is 17.9. The van der Waals surface area contributed by atoms with Crippen LogP contribution in [0.2, 0.25) is 0 Å². The number of carbonyl (C=O) groups is 1. The van der Waals surface area contributed by atoms with Crippen molar-refractivity contribution in [3.05, 3.63) is 37.3 Å². The number of nitrogens with zero attached hydrogens (tertiary/aromatic N) is 4. The Kier molecular flexibility index (Phi) is 5.30. The molecule has 7 nitrogen and oxygen atoms in total. The predicted molar refractivity (Wildman–Crippen MR) is 66.4 cm³/mol. The van der Waals surface area contributed by atoms with Gasteiger partial charge in [-0.15, -0.1) is 18.3 Å². The summed E-state index contributed by atoms with van der Waals surface area (Å²) < 4.78 is 4.58. The van der Waals surface area contributed by atoms with E-state index in [0.29, 0.717) is 13.1 Å². The van der Waals surface area contributed by atoms with E-state index in [2.05, 4.69) is 38.2 Å². The summed E-state index contributed by atoms with van der Waals surface area (Å²) in [5, 5.41) is 9.45. The molecule has 0 aromatic carbocycles. The van der Waals surface area contributed by atoms with Gasteiger partial charge in [-0.3, -0.25) is 5.01 Å². The molecule has 0 bridgehead atoms. The summed E-state index contributed by atoms with van der Waals surface area (Å²) in [6, 6.07) is 0. The van der Waals surface area contributed by atoms with E-state index in [1.165, 1.54) is 13.4 Å². The first kappa shape index (κ1) is 13.6. The Morgan fingerprint density at radius 3 is 2.78 bits per heavy atom. The number of rotatable bonds is 7. The Hall–Kier alpha value is -2.44. The smallest absolute Gasteiger partial charge is 0.358 e. The van der Waals surface area contributed by atoms with Gasteiger partial charge in [0, 0.05) is 0 Å². The van der Waals surface area contributed by atoms with Crippen molar-refractivity contribution >= 4 is 11.8 Å². The van der Waals surface area contributed by atoms with Crippen LogP contribution >= 0.6 is 0 Å². The molecule has 0 unspecified atom stereocenters. The normalized spacial score (nSPS) is 10.3. The van der Waals surface area contributed by atoms with Crippen molar-refractivity contribution in [1.82, 2.24) is 15.0 Å². The topological polar surface area (TPSA) is 82.9 Å². The van der Waals surface area contributed by atoms with Crippen LogP contribution in [0.4, 0.5) is 5.82 Å². The largest absolute Gasteiger partial charge is 0.464 e. The van der Waals surface area contributed by atoms with Crippen LogP contribution in [0.5, 0.6) is 0 Å². The number of aromatic nitrogens is 2. The number of nitrogens with one attached hydrogen (secondary N) is 1. The number of ether oxygens (including phenoxy) is 1. The van der Waals surface area contributed by atoms with E-state index in [1.807, 2.05) is 0 Å². The molecule has 0 spiro atoms. The number of methoxy groups -OCH3 is 1. The second-order valence-electron chi connectivity index (χ2n) is 3.23. The lowest BCUT2D eigenvalue weighted by Gasteiger charge is -2.11. The number of imidazole rings is 1. The van der Waals surface area contributed by atoms with E-state index < -0.39 is 5.97 Å². The number of esters is 1. The Balaban J connectivity index is 2.81. The van der Waals surface area contributed by atoms with E-state index in [1.54, 1.807) is 17.2 Å². The number of hydrogen-bond donors (Lipinski definition) is 1. The Morgan fingerprint density at radius 2 is 2.22 bits per heavy atom. The lowest BCUT2D eigenvalue weighted by Crippen LogP contribution is -2.16. The monoisotopic (exact) mass is 249 g/mol. The molecule has 1 rings (SSSR count). The Labute approximate surface area is 105 Å².